The summed E-state index contributed by atoms with van der Waals surface area (Å²) in [6.07, 6.45) is 0.331. The fourth-order valence-corrected chi connectivity index (χ4v) is 0.807. The molecule has 0 saturated heterocycles. The van der Waals surface area contributed by atoms with Gasteiger partial charge in [-0.25, -0.2) is 0 Å². The Morgan fingerprint density at radius 3 is 2.75 bits per heavy atom. The van der Waals surface area contributed by atoms with Crippen LogP contribution in [0.1, 0.15) is 12.7 Å². The average Bonchev–Trinajstić information content (AvgIpc) is 2.35. The van der Waals surface area contributed by atoms with Gasteiger partial charge < -0.3 is 10.8 Å². The Labute approximate surface area is 70.4 Å². The molecule has 1 aromatic rings. The second-order valence-electron chi connectivity index (χ2n) is 3.07. The van der Waals surface area contributed by atoms with Gasteiger partial charge in [0.1, 0.15) is 0 Å². The number of rotatable bonds is 3. The maximum Gasteiger partial charge on any atom is 0.177 e. The van der Waals surface area contributed by atoms with Crippen LogP contribution >= 0.6 is 0 Å². The van der Waals surface area contributed by atoms with Gasteiger partial charge in [0.15, 0.2) is 5.82 Å². The molecule has 1 rings (SSSR count). The van der Waals surface area contributed by atoms with E-state index >= 15 is 0 Å². The highest BCUT2D eigenvalue weighted by Gasteiger charge is 2.21. The summed E-state index contributed by atoms with van der Waals surface area (Å²) in [5.41, 5.74) is 4.39. The molecule has 0 fully saturated rings. The topological polar surface area (TPSA) is 89.8 Å². The summed E-state index contributed by atoms with van der Waals surface area (Å²) in [4.78, 5) is 1.35. The highest BCUT2D eigenvalue weighted by molar-refractivity contribution is 4.88. The van der Waals surface area contributed by atoms with Crippen molar-refractivity contribution < 1.29 is 5.11 Å². The minimum absolute atomic E-state index is 0.186. The molecule has 0 radical (unpaired) electrons. The first kappa shape index (κ1) is 9.08. The first-order valence-electron chi connectivity index (χ1n) is 3.69. The second kappa shape index (κ2) is 3.16. The molecule has 0 aromatic carbocycles. The lowest BCUT2D eigenvalue weighted by molar-refractivity contribution is 0.0674. The van der Waals surface area contributed by atoms with E-state index in [2.05, 4.69) is 15.4 Å². The summed E-state index contributed by atoms with van der Waals surface area (Å²) in [6.45, 7) is 1.83. The SMILES string of the molecule is Cn1nnc(CC(C)(O)CN)n1. The molecule has 0 amide bonds. The molecule has 1 aromatic heterocycles. The maximum atomic E-state index is 9.54. The summed E-state index contributed by atoms with van der Waals surface area (Å²) < 4.78 is 0. The van der Waals surface area contributed by atoms with Gasteiger partial charge in [0.2, 0.25) is 0 Å². The van der Waals surface area contributed by atoms with Gasteiger partial charge in [-0.2, -0.15) is 4.80 Å². The summed E-state index contributed by atoms with van der Waals surface area (Å²) in [6, 6.07) is 0. The molecule has 0 spiro atoms. The summed E-state index contributed by atoms with van der Waals surface area (Å²) >= 11 is 0. The van der Waals surface area contributed by atoms with E-state index < -0.39 is 5.60 Å². The van der Waals surface area contributed by atoms with Crippen molar-refractivity contribution in [3.63, 3.8) is 0 Å². The molecule has 1 unspecified atom stereocenters. The van der Waals surface area contributed by atoms with Crippen LogP contribution in [0.25, 0.3) is 0 Å². The molecule has 0 bridgehead atoms. The van der Waals surface area contributed by atoms with Gasteiger partial charge in [0, 0.05) is 13.0 Å². The van der Waals surface area contributed by atoms with Crippen molar-refractivity contribution in [2.75, 3.05) is 6.54 Å². The van der Waals surface area contributed by atoms with Gasteiger partial charge >= 0.3 is 0 Å². The normalized spacial score (nSPS) is 16.0. The predicted octanol–water partition coefficient (Wildman–Crippen LogP) is -1.54. The average molecular weight is 171 g/mol. The number of aliphatic hydroxyl groups is 1. The highest BCUT2D eigenvalue weighted by Crippen LogP contribution is 2.06. The zero-order valence-electron chi connectivity index (χ0n) is 7.23. The van der Waals surface area contributed by atoms with Crippen LogP contribution in [0, 0.1) is 0 Å². The molecule has 1 atom stereocenters. The van der Waals surface area contributed by atoms with E-state index in [-0.39, 0.29) is 6.54 Å². The molecule has 6 nitrogen and oxygen atoms in total. The van der Waals surface area contributed by atoms with Crippen molar-refractivity contribution in [1.82, 2.24) is 20.2 Å². The Balaban J connectivity index is 2.63. The zero-order valence-corrected chi connectivity index (χ0v) is 7.23. The fourth-order valence-electron chi connectivity index (χ4n) is 0.807. The van der Waals surface area contributed by atoms with E-state index in [0.29, 0.717) is 12.2 Å². The molecule has 0 aliphatic carbocycles. The van der Waals surface area contributed by atoms with Crippen LogP contribution in [0.2, 0.25) is 0 Å². The molecule has 0 aliphatic heterocycles. The summed E-state index contributed by atoms with van der Waals surface area (Å²) in [5, 5.41) is 20.8. The van der Waals surface area contributed by atoms with E-state index in [1.165, 1.54) is 4.80 Å². The Hall–Kier alpha value is -1.01. The largest absolute Gasteiger partial charge is 0.388 e. The quantitative estimate of drug-likeness (QED) is 0.575. The van der Waals surface area contributed by atoms with E-state index in [1.807, 2.05) is 0 Å². The molecule has 1 heterocycles. The van der Waals surface area contributed by atoms with Crippen LogP contribution < -0.4 is 5.73 Å². The third kappa shape index (κ3) is 2.24. The van der Waals surface area contributed by atoms with Crippen LogP contribution in [0.5, 0.6) is 0 Å². The maximum absolute atomic E-state index is 9.54. The third-order valence-electron chi connectivity index (χ3n) is 1.53. The minimum Gasteiger partial charge on any atom is -0.388 e. The summed E-state index contributed by atoms with van der Waals surface area (Å²) in [5.74, 6) is 0.507. The minimum atomic E-state index is -0.941. The van der Waals surface area contributed by atoms with Gasteiger partial charge in [-0.1, -0.05) is 0 Å². The van der Waals surface area contributed by atoms with Gasteiger partial charge in [0.05, 0.1) is 12.6 Å². The lowest BCUT2D eigenvalue weighted by atomic mass is 10.0. The molecule has 6 heteroatoms. The number of hydrogen-bond acceptors (Lipinski definition) is 5. The van der Waals surface area contributed by atoms with Gasteiger partial charge in [0.25, 0.3) is 0 Å². The molecule has 68 valence electrons. The smallest absolute Gasteiger partial charge is 0.177 e. The van der Waals surface area contributed by atoms with Crippen LogP contribution in [-0.2, 0) is 13.5 Å². The van der Waals surface area contributed by atoms with Crippen molar-refractivity contribution in [2.24, 2.45) is 12.8 Å². The number of aryl methyl sites for hydroxylation is 1. The Bertz CT molecular complexity index is 256. The van der Waals surface area contributed by atoms with Crippen LogP contribution in [0.4, 0.5) is 0 Å². The van der Waals surface area contributed by atoms with Crippen LogP contribution in [0.3, 0.4) is 0 Å². The van der Waals surface area contributed by atoms with Gasteiger partial charge in [-0.3, -0.25) is 0 Å². The highest BCUT2D eigenvalue weighted by atomic mass is 16.3. The Kier molecular flexibility index (Phi) is 2.39. The first-order chi connectivity index (χ1) is 5.53. The van der Waals surface area contributed by atoms with Crippen molar-refractivity contribution in [3.8, 4) is 0 Å². The zero-order chi connectivity index (χ0) is 9.19. The number of tetrazole rings is 1. The molecule has 3 N–H and O–H groups in total. The molecule has 0 aliphatic rings. The molecular formula is C6H13N5O. The van der Waals surface area contributed by atoms with E-state index in [4.69, 9.17) is 5.73 Å². The monoisotopic (exact) mass is 171 g/mol. The Morgan fingerprint density at radius 1 is 1.67 bits per heavy atom. The van der Waals surface area contributed by atoms with E-state index in [1.54, 1.807) is 14.0 Å². The van der Waals surface area contributed by atoms with Crippen LogP contribution in [0.15, 0.2) is 0 Å². The number of nitrogens with zero attached hydrogens (tertiary/aromatic N) is 4. The Morgan fingerprint density at radius 2 is 2.33 bits per heavy atom. The van der Waals surface area contributed by atoms with Crippen molar-refractivity contribution in [3.05, 3.63) is 5.82 Å². The lowest BCUT2D eigenvalue weighted by Gasteiger charge is -2.17. The van der Waals surface area contributed by atoms with Gasteiger partial charge in [-0.15, -0.1) is 10.2 Å². The van der Waals surface area contributed by atoms with Gasteiger partial charge in [-0.05, 0) is 12.1 Å². The number of nitrogens with two attached hydrogens (primary N) is 1. The third-order valence-corrected chi connectivity index (χ3v) is 1.53. The van der Waals surface area contributed by atoms with Crippen molar-refractivity contribution in [1.29, 1.82) is 0 Å². The van der Waals surface area contributed by atoms with Crippen molar-refractivity contribution in [2.45, 2.75) is 18.9 Å². The molecule has 12 heavy (non-hydrogen) atoms. The molecule has 0 saturated carbocycles. The van der Waals surface area contributed by atoms with E-state index in [9.17, 15) is 5.11 Å². The first-order valence-corrected chi connectivity index (χ1v) is 3.69. The van der Waals surface area contributed by atoms with E-state index in [0.717, 1.165) is 0 Å². The van der Waals surface area contributed by atoms with Crippen LogP contribution in [-0.4, -0.2) is 37.5 Å². The predicted molar refractivity (Wildman–Crippen MR) is 42.2 cm³/mol. The standard InChI is InChI=1S/C6H13N5O/c1-6(12,4-7)3-5-8-10-11(2)9-5/h12H,3-4,7H2,1-2H3. The van der Waals surface area contributed by atoms with Crippen molar-refractivity contribution >= 4 is 0 Å². The summed E-state index contributed by atoms with van der Waals surface area (Å²) in [7, 11) is 1.67. The lowest BCUT2D eigenvalue weighted by Crippen LogP contribution is -2.36. The molecular weight excluding hydrogens is 158 g/mol. The number of aromatic nitrogens is 4. The number of hydrogen-bond donors (Lipinski definition) is 2. The second-order valence-corrected chi connectivity index (χ2v) is 3.07. The fraction of sp³-hybridized carbons (Fsp3) is 0.833.